The van der Waals surface area contributed by atoms with E-state index in [1.165, 1.54) is 19.4 Å². The highest BCUT2D eigenvalue weighted by Gasteiger charge is 2.51. The number of carbonyl (C=O) groups excluding carboxylic acids is 1. The van der Waals surface area contributed by atoms with Crippen LogP contribution in [-0.2, 0) is 16.1 Å². The molecular formula is C23H28N2O5. The number of aromatic nitrogens is 1. The van der Waals surface area contributed by atoms with Gasteiger partial charge in [-0.2, -0.15) is 0 Å². The van der Waals surface area contributed by atoms with E-state index in [4.69, 9.17) is 14.2 Å². The van der Waals surface area contributed by atoms with Crippen LogP contribution in [0.5, 0.6) is 11.5 Å². The highest BCUT2D eigenvalue weighted by Crippen LogP contribution is 2.42. The number of rotatable bonds is 6. The minimum absolute atomic E-state index is 0.0177. The number of nitrogens with one attached hydrogen (secondary N) is 1. The minimum Gasteiger partial charge on any atom is -0.503 e. The van der Waals surface area contributed by atoms with E-state index in [2.05, 4.69) is 36.3 Å². The van der Waals surface area contributed by atoms with Crippen LogP contribution < -0.4 is 10.1 Å². The molecule has 4 rings (SSSR count). The van der Waals surface area contributed by atoms with Crippen molar-refractivity contribution in [3.63, 3.8) is 0 Å². The molecule has 2 bridgehead atoms. The summed E-state index contributed by atoms with van der Waals surface area (Å²) >= 11 is 0. The van der Waals surface area contributed by atoms with Crippen LogP contribution in [0.25, 0.3) is 0 Å². The van der Waals surface area contributed by atoms with Gasteiger partial charge in [0.05, 0.1) is 38.1 Å². The van der Waals surface area contributed by atoms with Crippen LogP contribution in [0.1, 0.15) is 36.3 Å². The molecule has 2 aliphatic heterocycles. The molecule has 3 heterocycles. The standard InChI is InChI=1S/C23H28N2O5/c1-13-18-11-16(25-23(27)19-20(26)17(28-3)9-10-24-19)22(30-18)14(2)21(13)29-12-15-7-5-4-6-8-15/h4-10,13-14,16,18,21-22,26H,11-12H2,1-3H3,(H,25,27)/t13-,14-,16-,18?,21-,22?/m0/s1. The largest absolute Gasteiger partial charge is 0.503 e. The zero-order valence-corrected chi connectivity index (χ0v) is 17.4. The van der Waals surface area contributed by atoms with Gasteiger partial charge in [-0.3, -0.25) is 4.79 Å². The van der Waals surface area contributed by atoms with E-state index < -0.39 is 5.91 Å². The molecule has 30 heavy (non-hydrogen) atoms. The monoisotopic (exact) mass is 412 g/mol. The van der Waals surface area contributed by atoms with Gasteiger partial charge >= 0.3 is 0 Å². The summed E-state index contributed by atoms with van der Waals surface area (Å²) in [6.45, 7) is 4.81. The first kappa shape index (κ1) is 20.6. The van der Waals surface area contributed by atoms with Gasteiger partial charge in [0, 0.05) is 24.1 Å². The third-order valence-corrected chi connectivity index (χ3v) is 6.28. The van der Waals surface area contributed by atoms with Crippen molar-refractivity contribution in [1.82, 2.24) is 10.3 Å². The second-order valence-electron chi connectivity index (χ2n) is 8.14. The summed E-state index contributed by atoms with van der Waals surface area (Å²) in [4.78, 5) is 16.8. The van der Waals surface area contributed by atoms with Crippen LogP contribution in [0.15, 0.2) is 42.6 Å². The fourth-order valence-electron chi connectivity index (χ4n) is 4.66. The smallest absolute Gasteiger partial charge is 0.274 e. The van der Waals surface area contributed by atoms with Crippen LogP contribution in [0, 0.1) is 11.8 Å². The van der Waals surface area contributed by atoms with E-state index in [1.54, 1.807) is 0 Å². The van der Waals surface area contributed by atoms with Gasteiger partial charge in [-0.05, 0) is 12.0 Å². The van der Waals surface area contributed by atoms with Crippen molar-refractivity contribution in [2.24, 2.45) is 11.8 Å². The van der Waals surface area contributed by atoms with Crippen molar-refractivity contribution in [2.75, 3.05) is 7.11 Å². The Labute approximate surface area is 176 Å². The second kappa shape index (κ2) is 8.62. The van der Waals surface area contributed by atoms with Gasteiger partial charge in [-0.1, -0.05) is 44.2 Å². The van der Waals surface area contributed by atoms with E-state index in [9.17, 15) is 9.90 Å². The molecule has 160 valence electrons. The molecule has 1 aromatic heterocycles. The molecule has 2 N–H and O–H groups in total. The van der Waals surface area contributed by atoms with Gasteiger partial charge < -0.3 is 24.6 Å². The Balaban J connectivity index is 1.44. The maximum atomic E-state index is 12.8. The van der Waals surface area contributed by atoms with Crippen LogP contribution >= 0.6 is 0 Å². The summed E-state index contributed by atoms with van der Waals surface area (Å²) in [7, 11) is 1.43. The molecule has 2 fully saturated rings. The average molecular weight is 412 g/mol. The highest BCUT2D eigenvalue weighted by atomic mass is 16.5. The number of nitrogens with zero attached hydrogens (tertiary/aromatic N) is 1. The van der Waals surface area contributed by atoms with Crippen molar-refractivity contribution in [1.29, 1.82) is 0 Å². The average Bonchev–Trinajstić information content (AvgIpc) is 3.14. The predicted octanol–water partition coefficient (Wildman–Crippen LogP) is 2.92. The predicted molar refractivity (Wildman–Crippen MR) is 110 cm³/mol. The lowest BCUT2D eigenvalue weighted by Crippen LogP contribution is -2.49. The van der Waals surface area contributed by atoms with Gasteiger partial charge in [0.15, 0.2) is 17.2 Å². The van der Waals surface area contributed by atoms with Gasteiger partial charge in [0.1, 0.15) is 0 Å². The number of benzene rings is 1. The molecule has 7 heteroatoms. The minimum atomic E-state index is -0.436. The molecule has 7 nitrogen and oxygen atoms in total. The summed E-state index contributed by atoms with van der Waals surface area (Å²) in [5.41, 5.74) is 1.09. The maximum absolute atomic E-state index is 12.8. The topological polar surface area (TPSA) is 89.9 Å². The molecule has 0 aliphatic carbocycles. The first-order valence-electron chi connectivity index (χ1n) is 10.3. The summed E-state index contributed by atoms with van der Waals surface area (Å²) in [6.07, 6.45) is 2.06. The second-order valence-corrected chi connectivity index (χ2v) is 8.14. The summed E-state index contributed by atoms with van der Waals surface area (Å²) in [5.74, 6) is -0.156. The quantitative estimate of drug-likeness (QED) is 0.758. The molecule has 2 aromatic rings. The fourth-order valence-corrected chi connectivity index (χ4v) is 4.66. The first-order valence-corrected chi connectivity index (χ1v) is 10.3. The number of ether oxygens (including phenoxy) is 3. The Morgan fingerprint density at radius 1 is 1.23 bits per heavy atom. The van der Waals surface area contributed by atoms with Gasteiger partial charge in [0.2, 0.25) is 0 Å². The maximum Gasteiger partial charge on any atom is 0.274 e. The molecule has 2 aliphatic rings. The Morgan fingerprint density at radius 2 is 2.00 bits per heavy atom. The highest BCUT2D eigenvalue weighted by molar-refractivity contribution is 5.95. The van der Waals surface area contributed by atoms with Crippen LogP contribution in [0.2, 0.25) is 0 Å². The number of hydrogen-bond acceptors (Lipinski definition) is 6. The van der Waals surface area contributed by atoms with Crippen molar-refractivity contribution in [2.45, 2.75) is 51.2 Å². The van der Waals surface area contributed by atoms with E-state index in [0.29, 0.717) is 13.0 Å². The number of aromatic hydroxyl groups is 1. The van der Waals surface area contributed by atoms with Crippen LogP contribution in [-0.4, -0.2) is 47.5 Å². The van der Waals surface area contributed by atoms with Gasteiger partial charge in [0.25, 0.3) is 5.91 Å². The Morgan fingerprint density at radius 3 is 2.73 bits per heavy atom. The molecule has 1 aromatic carbocycles. The Bertz CT molecular complexity index is 890. The zero-order valence-electron chi connectivity index (χ0n) is 17.4. The molecule has 2 saturated heterocycles. The summed E-state index contributed by atoms with van der Waals surface area (Å²) in [5, 5.41) is 13.2. The third-order valence-electron chi connectivity index (χ3n) is 6.28. The summed E-state index contributed by atoms with van der Waals surface area (Å²) in [6, 6.07) is 11.5. The Kier molecular flexibility index (Phi) is 5.92. The summed E-state index contributed by atoms with van der Waals surface area (Å²) < 4.78 is 17.6. The van der Waals surface area contributed by atoms with Gasteiger partial charge in [-0.15, -0.1) is 0 Å². The lowest BCUT2D eigenvalue weighted by Gasteiger charge is -2.40. The molecule has 0 saturated carbocycles. The number of fused-ring (bicyclic) bond motifs is 2. The lowest BCUT2D eigenvalue weighted by molar-refractivity contribution is -0.155. The molecule has 1 amide bonds. The van der Waals surface area contributed by atoms with E-state index in [1.807, 2.05) is 18.2 Å². The molecule has 0 radical (unpaired) electrons. The van der Waals surface area contributed by atoms with E-state index >= 15 is 0 Å². The number of hydrogen-bond donors (Lipinski definition) is 2. The number of carbonyl (C=O) groups is 1. The van der Waals surface area contributed by atoms with E-state index in [-0.39, 0.29) is 53.4 Å². The zero-order chi connectivity index (χ0) is 21.3. The fraction of sp³-hybridized carbons (Fsp3) is 0.478. The third kappa shape index (κ3) is 3.87. The molecule has 6 atom stereocenters. The van der Waals surface area contributed by atoms with Crippen molar-refractivity contribution in [3.8, 4) is 11.5 Å². The number of amides is 1. The van der Waals surface area contributed by atoms with E-state index in [0.717, 1.165) is 5.56 Å². The Hall–Kier alpha value is -2.64. The molecular weight excluding hydrogens is 384 g/mol. The number of methoxy groups -OCH3 is 1. The normalized spacial score (nSPS) is 30.1. The van der Waals surface area contributed by atoms with Crippen molar-refractivity contribution < 1.29 is 24.1 Å². The van der Waals surface area contributed by atoms with Crippen molar-refractivity contribution in [3.05, 3.63) is 53.9 Å². The van der Waals surface area contributed by atoms with Crippen LogP contribution in [0.3, 0.4) is 0 Å². The number of pyridine rings is 1. The first-order chi connectivity index (χ1) is 14.5. The molecule has 2 unspecified atom stereocenters. The molecule has 0 spiro atoms. The van der Waals surface area contributed by atoms with Crippen molar-refractivity contribution >= 4 is 5.91 Å². The SMILES string of the molecule is COc1ccnc(C(=O)N[C@H]2CC3OC2[C@@H](C)[C@@H](OCc2ccccc2)[C@H]3C)c1O. The van der Waals surface area contributed by atoms with Gasteiger partial charge in [-0.25, -0.2) is 4.98 Å². The van der Waals surface area contributed by atoms with Crippen LogP contribution in [0.4, 0.5) is 0 Å². The lowest BCUT2D eigenvalue weighted by atomic mass is 9.86.